The van der Waals surface area contributed by atoms with E-state index in [2.05, 4.69) is 16.1 Å². The molecule has 15 heavy (non-hydrogen) atoms. The number of hydrogen-bond donors (Lipinski definition) is 4. The number of guanidine groups is 1. The van der Waals surface area contributed by atoms with E-state index in [-0.39, 0.29) is 13.9 Å². The van der Waals surface area contributed by atoms with Crippen molar-refractivity contribution in [2.24, 2.45) is 22.2 Å². The number of carbonyl (C=O) groups is 1. The quantitative estimate of drug-likeness (QED) is 0.153. The summed E-state index contributed by atoms with van der Waals surface area (Å²) >= 11 is 0. The number of hydrogen-bond acceptors (Lipinski definition) is 4. The summed E-state index contributed by atoms with van der Waals surface area (Å²) in [4.78, 5) is 14.8. The molecule has 0 rings (SSSR count). The summed E-state index contributed by atoms with van der Waals surface area (Å²) in [6, 6.07) is -0.673. The van der Waals surface area contributed by atoms with Gasteiger partial charge in [0.1, 0.15) is 0 Å². The summed E-state index contributed by atoms with van der Waals surface area (Å²) in [5, 5.41) is 2.16. The van der Waals surface area contributed by atoms with E-state index >= 15 is 0 Å². The standard InChI is InChI=1S/C7H14N5O2P/c8-5(6(13)12-4-15-14)2-1-3-11-7(9)10/h5H,1-3,8H2,(H,12,13)(H4,9,10,11)/t5-/m0/s1. The van der Waals surface area contributed by atoms with Gasteiger partial charge in [-0.15, -0.1) is 0 Å². The van der Waals surface area contributed by atoms with Crippen molar-refractivity contribution in [2.75, 3.05) is 6.54 Å². The van der Waals surface area contributed by atoms with E-state index in [9.17, 15) is 9.36 Å². The van der Waals surface area contributed by atoms with E-state index in [1.54, 1.807) is 0 Å². The molecule has 0 aliphatic carbocycles. The molecule has 1 atom stereocenters. The Bertz CT molecular complexity index is 332. The van der Waals surface area contributed by atoms with Crippen LogP contribution in [0.5, 0.6) is 0 Å². The summed E-state index contributed by atoms with van der Waals surface area (Å²) in [6.45, 7) is 0.427. The fourth-order valence-corrected chi connectivity index (χ4v) is 0.977. The van der Waals surface area contributed by atoms with Crippen LogP contribution >= 0.6 is 7.92 Å². The first-order chi connectivity index (χ1) is 7.07. The van der Waals surface area contributed by atoms with Gasteiger partial charge in [0, 0.05) is 0 Å². The third-order valence-electron chi connectivity index (χ3n) is 1.53. The summed E-state index contributed by atoms with van der Waals surface area (Å²) in [7, 11) is -0.381. The Morgan fingerprint density at radius 2 is 2.20 bits per heavy atom. The van der Waals surface area contributed by atoms with Crippen molar-refractivity contribution in [3.05, 3.63) is 0 Å². The van der Waals surface area contributed by atoms with Gasteiger partial charge in [0.2, 0.25) is 0 Å². The Morgan fingerprint density at radius 1 is 1.53 bits per heavy atom. The molecule has 8 heteroatoms. The van der Waals surface area contributed by atoms with Crippen LogP contribution in [-0.2, 0) is 9.36 Å². The Balaban J connectivity index is 3.76. The van der Waals surface area contributed by atoms with E-state index in [0.29, 0.717) is 19.4 Å². The summed E-state index contributed by atoms with van der Waals surface area (Å²) in [5.41, 5.74) is 15.7. The predicted octanol–water partition coefficient (Wildman–Crippen LogP) is -1.31. The van der Waals surface area contributed by atoms with Gasteiger partial charge in [-0.2, -0.15) is 0 Å². The van der Waals surface area contributed by atoms with Crippen molar-refractivity contribution in [3.8, 4) is 5.75 Å². The summed E-state index contributed by atoms with van der Waals surface area (Å²) in [5.74, 6) is 1.69. The molecule has 0 fully saturated rings. The average molecular weight is 231 g/mol. The van der Waals surface area contributed by atoms with Crippen LogP contribution in [0.25, 0.3) is 0 Å². The van der Waals surface area contributed by atoms with Crippen LogP contribution in [0.15, 0.2) is 4.99 Å². The molecule has 7 N–H and O–H groups in total. The molecular weight excluding hydrogens is 217 g/mol. The monoisotopic (exact) mass is 231 g/mol. The number of rotatable bonds is 5. The van der Waals surface area contributed by atoms with Crippen LogP contribution < -0.4 is 22.5 Å². The molecular formula is C7H14N5O2P. The van der Waals surface area contributed by atoms with Gasteiger partial charge in [-0.25, -0.2) is 0 Å². The molecule has 0 saturated carbocycles. The maximum atomic E-state index is 11.1. The number of carbonyl (C=O) groups excluding carboxylic acids is 1. The van der Waals surface area contributed by atoms with E-state index in [4.69, 9.17) is 17.2 Å². The molecule has 0 aromatic rings. The van der Waals surface area contributed by atoms with Crippen LogP contribution in [-0.4, -0.2) is 24.5 Å². The Morgan fingerprint density at radius 3 is 2.73 bits per heavy atom. The van der Waals surface area contributed by atoms with Crippen molar-refractivity contribution >= 4 is 19.8 Å². The molecule has 0 aromatic carbocycles. The molecule has 0 bridgehead atoms. The summed E-state index contributed by atoms with van der Waals surface area (Å²) in [6.07, 6.45) is 1.04. The molecule has 0 aliphatic heterocycles. The van der Waals surface area contributed by atoms with E-state index in [0.717, 1.165) is 0 Å². The molecule has 7 nitrogen and oxygen atoms in total. The van der Waals surface area contributed by atoms with Crippen molar-refractivity contribution in [1.82, 2.24) is 5.32 Å². The number of nitrogens with zero attached hydrogens (tertiary/aromatic N) is 1. The van der Waals surface area contributed by atoms with Crippen LogP contribution in [0.1, 0.15) is 12.8 Å². The van der Waals surface area contributed by atoms with Crippen molar-refractivity contribution in [1.29, 1.82) is 0 Å². The van der Waals surface area contributed by atoms with Crippen LogP contribution in [0.2, 0.25) is 0 Å². The van der Waals surface area contributed by atoms with Gasteiger partial charge >= 0.3 is 87.8 Å². The van der Waals surface area contributed by atoms with E-state index < -0.39 is 11.9 Å². The first-order valence-corrected chi connectivity index (χ1v) is 5.07. The van der Waals surface area contributed by atoms with Crippen molar-refractivity contribution < 1.29 is 9.36 Å². The van der Waals surface area contributed by atoms with Crippen molar-refractivity contribution in [2.45, 2.75) is 18.9 Å². The first-order valence-electron chi connectivity index (χ1n) is 4.26. The summed E-state index contributed by atoms with van der Waals surface area (Å²) < 4.78 is 9.95. The minimum atomic E-state index is -0.673. The molecule has 0 aliphatic rings. The molecule has 0 radical (unpaired) electrons. The molecule has 84 valence electrons. The van der Waals surface area contributed by atoms with Crippen LogP contribution in [0.3, 0.4) is 0 Å². The average Bonchev–Trinajstić information content (AvgIpc) is 2.20. The molecule has 0 aromatic heterocycles. The zero-order valence-corrected chi connectivity index (χ0v) is 9.04. The second-order valence-corrected chi connectivity index (χ2v) is 3.15. The van der Waals surface area contributed by atoms with Gasteiger partial charge in [-0.3, -0.25) is 0 Å². The Kier molecular flexibility index (Phi) is 7.36. The van der Waals surface area contributed by atoms with Gasteiger partial charge in [0.25, 0.3) is 0 Å². The van der Waals surface area contributed by atoms with Gasteiger partial charge in [-0.1, -0.05) is 0 Å². The van der Waals surface area contributed by atoms with Gasteiger partial charge in [-0.05, 0) is 0 Å². The second-order valence-electron chi connectivity index (χ2n) is 2.75. The molecule has 0 heterocycles. The van der Waals surface area contributed by atoms with Crippen LogP contribution in [0, 0.1) is 5.75 Å². The fraction of sp³-hybridized carbons (Fsp3) is 0.571. The van der Waals surface area contributed by atoms with Gasteiger partial charge < -0.3 is 0 Å². The topological polar surface area (TPSA) is 137 Å². The molecule has 0 unspecified atom stereocenters. The molecule has 0 saturated heterocycles. The fourth-order valence-electron chi connectivity index (χ4n) is 0.821. The number of nitrogens with one attached hydrogen (secondary N) is 1. The Labute approximate surface area is 88.6 Å². The van der Waals surface area contributed by atoms with Gasteiger partial charge in [0.05, 0.1) is 0 Å². The SMILES string of the molecule is NC(N)=NCCC[C@H](N)C(=O)NC#P=O. The zero-order valence-electron chi connectivity index (χ0n) is 8.14. The third-order valence-corrected chi connectivity index (χ3v) is 1.73. The van der Waals surface area contributed by atoms with Crippen LogP contribution in [0.4, 0.5) is 0 Å². The zero-order chi connectivity index (χ0) is 11.7. The third kappa shape index (κ3) is 7.76. The maximum absolute atomic E-state index is 11.1. The van der Waals surface area contributed by atoms with Gasteiger partial charge in [0.15, 0.2) is 0 Å². The number of aliphatic imine (C=N–C) groups is 1. The van der Waals surface area contributed by atoms with E-state index in [1.807, 2.05) is 0 Å². The predicted molar refractivity (Wildman–Crippen MR) is 57.5 cm³/mol. The number of nitrogens with two attached hydrogens (primary N) is 3. The van der Waals surface area contributed by atoms with E-state index in [1.165, 1.54) is 0 Å². The minimum absolute atomic E-state index is 0.0137. The number of amides is 1. The molecule has 0 spiro atoms. The molecule has 1 amide bonds. The van der Waals surface area contributed by atoms with Crippen molar-refractivity contribution in [3.63, 3.8) is 0 Å². The second kappa shape index (κ2) is 8.05. The first kappa shape index (κ1) is 13.7. The normalized spacial score (nSPS) is 11.0. The Hall–Kier alpha value is -1.29.